The Hall–Kier alpha value is -0.500. The molecular formula is C53H109N2O6P. The van der Waals surface area contributed by atoms with Crippen molar-refractivity contribution >= 4 is 13.7 Å². The van der Waals surface area contributed by atoms with Gasteiger partial charge in [0, 0.05) is 6.42 Å². The number of aliphatic hydroxyl groups excluding tert-OH is 1. The first-order chi connectivity index (χ1) is 30.0. The van der Waals surface area contributed by atoms with E-state index in [0.717, 1.165) is 38.5 Å². The largest absolute Gasteiger partial charge is 0.756 e. The SMILES string of the molecule is CCCCCCCCCCCCCCCCCCCCCCCCCCC(O)C(COP(=O)([O-])OCC[N+](C)(C)C)NC(=O)CCCCCCCCCCCCCCCCCC. The van der Waals surface area contributed by atoms with Crippen LogP contribution in [0, 0.1) is 0 Å². The standard InChI is InChI=1S/C53H109N2O6P/c1-6-8-10-12-14-16-18-20-22-24-25-26-27-28-29-30-31-32-34-36-38-40-42-44-46-52(56)51(50-61-62(58,59)60-49-48-55(3,4)5)54-53(57)47-45-43-41-39-37-35-33-23-21-19-17-15-13-11-9-7-2/h51-52,56H,6-50H2,1-5H3,(H-,54,57,58,59). The number of phosphoric acid groups is 1. The van der Waals surface area contributed by atoms with Crippen LogP contribution in [0.4, 0.5) is 0 Å². The van der Waals surface area contributed by atoms with Gasteiger partial charge in [-0.3, -0.25) is 9.36 Å². The minimum atomic E-state index is -4.56. The van der Waals surface area contributed by atoms with E-state index >= 15 is 0 Å². The predicted octanol–water partition coefficient (Wildman–Crippen LogP) is 15.5. The molecule has 0 aliphatic carbocycles. The summed E-state index contributed by atoms with van der Waals surface area (Å²) in [5, 5.41) is 14.0. The van der Waals surface area contributed by atoms with Crippen molar-refractivity contribution < 1.29 is 32.9 Å². The molecule has 8 nitrogen and oxygen atoms in total. The van der Waals surface area contributed by atoms with Gasteiger partial charge in [-0.15, -0.1) is 0 Å². The number of nitrogens with one attached hydrogen (secondary N) is 1. The fourth-order valence-corrected chi connectivity index (χ4v) is 9.24. The third-order valence-corrected chi connectivity index (χ3v) is 13.8. The predicted molar refractivity (Wildman–Crippen MR) is 266 cm³/mol. The molecule has 9 heteroatoms. The molecule has 0 heterocycles. The van der Waals surface area contributed by atoms with Crippen molar-refractivity contribution in [3.63, 3.8) is 0 Å². The zero-order valence-corrected chi connectivity index (χ0v) is 43.3. The van der Waals surface area contributed by atoms with E-state index in [1.807, 2.05) is 21.1 Å². The number of unbranched alkanes of at least 4 members (excludes halogenated alkanes) is 38. The molecule has 0 aromatic carbocycles. The second-order valence-electron chi connectivity index (χ2n) is 20.3. The van der Waals surface area contributed by atoms with Gasteiger partial charge >= 0.3 is 0 Å². The first kappa shape index (κ1) is 61.5. The molecule has 62 heavy (non-hydrogen) atoms. The Bertz CT molecular complexity index is 978. The molecule has 0 aliphatic rings. The van der Waals surface area contributed by atoms with Crippen molar-refractivity contribution in [3.05, 3.63) is 0 Å². The number of phosphoric ester groups is 1. The van der Waals surface area contributed by atoms with Gasteiger partial charge in [0.15, 0.2) is 0 Å². The highest BCUT2D eigenvalue weighted by Gasteiger charge is 2.24. The molecule has 0 saturated carbocycles. The Labute approximate surface area is 387 Å². The van der Waals surface area contributed by atoms with Crippen LogP contribution in [0.25, 0.3) is 0 Å². The van der Waals surface area contributed by atoms with E-state index in [-0.39, 0.29) is 19.1 Å². The average molecular weight is 901 g/mol. The lowest BCUT2D eigenvalue weighted by Gasteiger charge is -2.30. The number of quaternary nitrogens is 1. The number of carbonyl (C=O) groups excluding carboxylic acids is 1. The van der Waals surface area contributed by atoms with Gasteiger partial charge in [0.2, 0.25) is 5.91 Å². The van der Waals surface area contributed by atoms with Crippen molar-refractivity contribution in [2.45, 2.75) is 296 Å². The number of aliphatic hydroxyl groups is 1. The molecule has 3 atom stereocenters. The van der Waals surface area contributed by atoms with Crippen LogP contribution < -0.4 is 10.2 Å². The Morgan fingerprint density at radius 2 is 0.790 bits per heavy atom. The molecule has 372 valence electrons. The van der Waals surface area contributed by atoms with Crippen LogP contribution in [0.5, 0.6) is 0 Å². The number of rotatable bonds is 51. The molecule has 0 rings (SSSR count). The monoisotopic (exact) mass is 901 g/mol. The van der Waals surface area contributed by atoms with Crippen LogP contribution in [-0.4, -0.2) is 68.5 Å². The van der Waals surface area contributed by atoms with Crippen LogP contribution in [0.15, 0.2) is 0 Å². The molecular weight excluding hydrogens is 792 g/mol. The normalized spacial score (nSPS) is 14.0. The lowest BCUT2D eigenvalue weighted by Crippen LogP contribution is -2.46. The van der Waals surface area contributed by atoms with Crippen molar-refractivity contribution in [2.75, 3.05) is 40.9 Å². The quantitative estimate of drug-likeness (QED) is 0.0358. The van der Waals surface area contributed by atoms with E-state index in [2.05, 4.69) is 19.2 Å². The lowest BCUT2D eigenvalue weighted by molar-refractivity contribution is -0.870. The number of nitrogens with zero attached hydrogens (tertiary/aromatic N) is 1. The summed E-state index contributed by atoms with van der Waals surface area (Å²) < 4.78 is 23.4. The van der Waals surface area contributed by atoms with Gasteiger partial charge in [-0.05, 0) is 12.8 Å². The fraction of sp³-hybridized carbons (Fsp3) is 0.981. The smallest absolute Gasteiger partial charge is 0.268 e. The molecule has 0 aromatic heterocycles. The number of amides is 1. The second kappa shape index (κ2) is 45.6. The summed E-state index contributed by atoms with van der Waals surface area (Å²) in [4.78, 5) is 25.5. The summed E-state index contributed by atoms with van der Waals surface area (Å²) in [7, 11) is 1.32. The van der Waals surface area contributed by atoms with Gasteiger partial charge < -0.3 is 28.8 Å². The number of hydrogen-bond donors (Lipinski definition) is 2. The minimum absolute atomic E-state index is 0.0165. The van der Waals surface area contributed by atoms with Gasteiger partial charge in [0.1, 0.15) is 13.2 Å². The molecule has 0 bridgehead atoms. The lowest BCUT2D eigenvalue weighted by atomic mass is 10.0. The van der Waals surface area contributed by atoms with E-state index in [1.54, 1.807) is 0 Å². The Kier molecular flexibility index (Phi) is 45.3. The third kappa shape index (κ3) is 47.5. The maximum absolute atomic E-state index is 12.9. The van der Waals surface area contributed by atoms with Gasteiger partial charge in [-0.2, -0.15) is 0 Å². The molecule has 0 saturated heterocycles. The molecule has 2 N–H and O–H groups in total. The highest BCUT2D eigenvalue weighted by atomic mass is 31.2. The summed E-state index contributed by atoms with van der Waals surface area (Å²) in [5.74, 6) is -0.158. The van der Waals surface area contributed by atoms with E-state index in [1.165, 1.54) is 218 Å². The van der Waals surface area contributed by atoms with Crippen LogP contribution in [-0.2, 0) is 18.4 Å². The Morgan fingerprint density at radius 3 is 1.10 bits per heavy atom. The van der Waals surface area contributed by atoms with Crippen LogP contribution in [0.3, 0.4) is 0 Å². The molecule has 0 radical (unpaired) electrons. The van der Waals surface area contributed by atoms with Crippen LogP contribution in [0.1, 0.15) is 284 Å². The van der Waals surface area contributed by atoms with Crippen molar-refractivity contribution in [2.24, 2.45) is 0 Å². The average Bonchev–Trinajstić information content (AvgIpc) is 3.23. The number of carbonyl (C=O) groups is 1. The Morgan fingerprint density at radius 1 is 0.500 bits per heavy atom. The summed E-state index contributed by atoms with van der Waals surface area (Å²) in [6.07, 6.45) is 52.6. The van der Waals surface area contributed by atoms with Crippen LogP contribution >= 0.6 is 7.82 Å². The first-order valence-corrected chi connectivity index (χ1v) is 28.8. The first-order valence-electron chi connectivity index (χ1n) is 27.4. The number of likely N-dealkylation sites (N-methyl/N-ethyl adjacent to an activating group) is 1. The topological polar surface area (TPSA) is 108 Å². The molecule has 0 aliphatic heterocycles. The highest BCUT2D eigenvalue weighted by molar-refractivity contribution is 7.45. The van der Waals surface area contributed by atoms with Crippen LogP contribution in [0.2, 0.25) is 0 Å². The van der Waals surface area contributed by atoms with E-state index in [0.29, 0.717) is 23.9 Å². The van der Waals surface area contributed by atoms with Gasteiger partial charge in [0.25, 0.3) is 7.82 Å². The summed E-state index contributed by atoms with van der Waals surface area (Å²) >= 11 is 0. The van der Waals surface area contributed by atoms with Crippen molar-refractivity contribution in [1.29, 1.82) is 0 Å². The second-order valence-corrected chi connectivity index (χ2v) is 21.7. The fourth-order valence-electron chi connectivity index (χ4n) is 8.51. The zero-order chi connectivity index (χ0) is 45.7. The summed E-state index contributed by atoms with van der Waals surface area (Å²) in [5.41, 5.74) is 0. The molecule has 0 spiro atoms. The Balaban J connectivity index is 4.14. The van der Waals surface area contributed by atoms with Crippen molar-refractivity contribution in [1.82, 2.24) is 5.32 Å². The van der Waals surface area contributed by atoms with E-state index in [4.69, 9.17) is 9.05 Å². The van der Waals surface area contributed by atoms with Gasteiger partial charge in [-0.1, -0.05) is 264 Å². The number of hydrogen-bond acceptors (Lipinski definition) is 6. The summed E-state index contributed by atoms with van der Waals surface area (Å²) in [6.45, 7) is 4.77. The molecule has 0 fully saturated rings. The maximum Gasteiger partial charge on any atom is 0.268 e. The molecule has 1 amide bonds. The third-order valence-electron chi connectivity index (χ3n) is 12.8. The van der Waals surface area contributed by atoms with E-state index < -0.39 is 20.0 Å². The molecule has 0 aromatic rings. The highest BCUT2D eigenvalue weighted by Crippen LogP contribution is 2.38. The summed E-state index contributed by atoms with van der Waals surface area (Å²) in [6, 6.07) is -0.794. The van der Waals surface area contributed by atoms with E-state index in [9.17, 15) is 19.4 Å². The van der Waals surface area contributed by atoms with Crippen molar-refractivity contribution in [3.8, 4) is 0 Å². The zero-order valence-electron chi connectivity index (χ0n) is 42.4. The minimum Gasteiger partial charge on any atom is -0.756 e. The maximum atomic E-state index is 12.9. The van der Waals surface area contributed by atoms with Gasteiger partial charge in [0.05, 0.1) is 39.9 Å². The molecule has 3 unspecified atom stereocenters. The van der Waals surface area contributed by atoms with Gasteiger partial charge in [-0.25, -0.2) is 0 Å².